The Hall–Kier alpha value is -3.44. The molecule has 4 rings (SSSR count). The molecule has 1 saturated heterocycles. The maximum Gasteiger partial charge on any atom is 0.352 e. The number of aryl methyl sites for hydroxylation is 1. The number of nitrogens with two attached hydrogens (primary N) is 1. The minimum Gasteiger partial charge on any atom is -0.477 e. The van der Waals surface area contributed by atoms with Crippen molar-refractivity contribution >= 4 is 64.6 Å². The highest BCUT2D eigenvalue weighted by Crippen LogP contribution is 2.41. The van der Waals surface area contributed by atoms with E-state index in [0.29, 0.717) is 16.5 Å². The first-order valence-electron chi connectivity index (χ1n) is 9.68. The number of carbonyl (C=O) groups is 3. The van der Waals surface area contributed by atoms with Crippen molar-refractivity contribution in [2.75, 3.05) is 24.3 Å². The van der Waals surface area contributed by atoms with Gasteiger partial charge in [-0.1, -0.05) is 28.5 Å². The molecule has 4 heterocycles. The van der Waals surface area contributed by atoms with Gasteiger partial charge in [0, 0.05) is 24.6 Å². The maximum absolute atomic E-state index is 12.9. The van der Waals surface area contributed by atoms with E-state index in [1.807, 2.05) is 0 Å². The van der Waals surface area contributed by atoms with Crippen molar-refractivity contribution in [1.29, 1.82) is 0 Å². The Morgan fingerprint density at radius 3 is 2.86 bits per heavy atom. The number of carbonyl (C=O) groups excluding carboxylic acids is 2. The summed E-state index contributed by atoms with van der Waals surface area (Å²) in [4.78, 5) is 51.4. The minimum absolute atomic E-state index is 0.00882. The van der Waals surface area contributed by atoms with Crippen molar-refractivity contribution < 1.29 is 24.3 Å². The molecule has 0 aromatic carbocycles. The summed E-state index contributed by atoms with van der Waals surface area (Å²) in [5.74, 6) is -2.18. The number of hydrogen-bond donors (Lipinski definition) is 3. The quantitative estimate of drug-likeness (QED) is 0.122. The number of anilines is 1. The average Bonchev–Trinajstić information content (AvgIpc) is 3.22. The lowest BCUT2D eigenvalue weighted by Crippen LogP contribution is -2.71. The number of carboxylic acids is 1. The van der Waals surface area contributed by atoms with Crippen molar-refractivity contribution in [1.82, 2.24) is 40.4 Å². The standard InChI is InChI=1S/C17H17ClN10O5S2/c1-27-17(23-25-26-27)35-5-6-4-34-14-10(13(30)28(14)11(6)15(31)32)22-12(29)9(24-33-2)7-3-8(18)21-16(19)20-7/h3,10,14H,4-5H2,1-2H3,(H,22,29)(H,31,32)(H2,19,20,21)/b24-9-/t10?,14-/m1/s1. The molecule has 2 aromatic rings. The number of rotatable bonds is 8. The molecule has 0 aliphatic carbocycles. The molecule has 0 saturated carbocycles. The van der Waals surface area contributed by atoms with Crippen LogP contribution in [0.4, 0.5) is 5.95 Å². The van der Waals surface area contributed by atoms with Crippen LogP contribution in [0.2, 0.25) is 5.15 Å². The fourth-order valence-corrected chi connectivity index (χ4v) is 5.88. The zero-order chi connectivity index (χ0) is 25.3. The fraction of sp³-hybridized carbons (Fsp3) is 0.353. The van der Waals surface area contributed by atoms with E-state index in [9.17, 15) is 19.5 Å². The molecular formula is C17H17ClN10O5S2. The Morgan fingerprint density at radius 2 is 2.23 bits per heavy atom. The molecule has 1 unspecified atom stereocenters. The molecule has 2 aliphatic heterocycles. The van der Waals surface area contributed by atoms with Crippen molar-refractivity contribution in [2.24, 2.45) is 12.2 Å². The molecule has 0 radical (unpaired) electrons. The summed E-state index contributed by atoms with van der Waals surface area (Å²) in [7, 11) is 2.89. The molecule has 1 fully saturated rings. The van der Waals surface area contributed by atoms with Crippen LogP contribution in [0.5, 0.6) is 0 Å². The number of tetrazole rings is 1. The van der Waals surface area contributed by atoms with Gasteiger partial charge in [0.15, 0.2) is 5.71 Å². The first-order chi connectivity index (χ1) is 16.7. The summed E-state index contributed by atoms with van der Waals surface area (Å²) in [6, 6.07) is 0.275. The molecule has 2 aliphatic rings. The molecule has 4 N–H and O–H groups in total. The van der Waals surface area contributed by atoms with E-state index < -0.39 is 29.2 Å². The summed E-state index contributed by atoms with van der Waals surface area (Å²) >= 11 is 8.46. The van der Waals surface area contributed by atoms with Crippen LogP contribution in [0.3, 0.4) is 0 Å². The van der Waals surface area contributed by atoms with E-state index in [0.717, 1.165) is 0 Å². The van der Waals surface area contributed by atoms with E-state index >= 15 is 0 Å². The predicted octanol–water partition coefficient (Wildman–Crippen LogP) is -0.883. The molecule has 2 aromatic heterocycles. The second-order valence-corrected chi connectivity index (χ2v) is 9.48. The molecule has 0 spiro atoms. The van der Waals surface area contributed by atoms with E-state index in [1.54, 1.807) is 7.05 Å². The number of fused-ring (bicyclic) bond motifs is 1. The number of β-lactam (4-membered cyclic amide) rings is 1. The van der Waals surface area contributed by atoms with Gasteiger partial charge in [0.05, 0.1) is 0 Å². The van der Waals surface area contributed by atoms with Crippen LogP contribution < -0.4 is 11.1 Å². The zero-order valence-corrected chi connectivity index (χ0v) is 20.5. The van der Waals surface area contributed by atoms with Crippen LogP contribution in [-0.2, 0) is 26.3 Å². The molecule has 15 nitrogen and oxygen atoms in total. The van der Waals surface area contributed by atoms with Gasteiger partial charge in [0.2, 0.25) is 11.1 Å². The number of nitrogen functional groups attached to an aromatic ring is 1. The number of aliphatic carboxylic acids is 1. The number of nitrogens with zero attached hydrogens (tertiary/aromatic N) is 8. The summed E-state index contributed by atoms with van der Waals surface area (Å²) in [6.45, 7) is 0. The van der Waals surface area contributed by atoms with Crippen LogP contribution in [0, 0.1) is 0 Å². The van der Waals surface area contributed by atoms with Gasteiger partial charge in [0.25, 0.3) is 11.8 Å². The van der Waals surface area contributed by atoms with Crippen molar-refractivity contribution in [2.45, 2.75) is 16.6 Å². The number of aromatic nitrogens is 6. The van der Waals surface area contributed by atoms with Gasteiger partial charge >= 0.3 is 5.97 Å². The van der Waals surface area contributed by atoms with Gasteiger partial charge < -0.3 is 21.0 Å². The summed E-state index contributed by atoms with van der Waals surface area (Å²) in [6.07, 6.45) is 0. The normalized spacial score (nSPS) is 19.8. The number of nitrogens with one attached hydrogen (secondary N) is 1. The van der Waals surface area contributed by atoms with E-state index in [2.05, 4.69) is 36.0 Å². The van der Waals surface area contributed by atoms with Gasteiger partial charge in [-0.15, -0.1) is 16.9 Å². The van der Waals surface area contributed by atoms with Crippen LogP contribution in [0.15, 0.2) is 27.6 Å². The van der Waals surface area contributed by atoms with Gasteiger partial charge in [-0.2, -0.15) is 0 Å². The number of oxime groups is 1. The van der Waals surface area contributed by atoms with Crippen LogP contribution in [0.1, 0.15) is 5.69 Å². The van der Waals surface area contributed by atoms with Crippen molar-refractivity contribution in [3.63, 3.8) is 0 Å². The van der Waals surface area contributed by atoms with E-state index in [1.165, 1.54) is 46.3 Å². The number of halogens is 1. The Morgan fingerprint density at radius 1 is 1.46 bits per heavy atom. The van der Waals surface area contributed by atoms with Crippen LogP contribution in [-0.4, -0.2) is 93.7 Å². The predicted molar refractivity (Wildman–Crippen MR) is 124 cm³/mol. The second-order valence-electron chi connectivity index (χ2n) is 7.05. The lowest BCUT2D eigenvalue weighted by Gasteiger charge is -2.49. The van der Waals surface area contributed by atoms with Gasteiger partial charge in [0.1, 0.15) is 35.1 Å². The Labute approximate surface area is 210 Å². The average molecular weight is 541 g/mol. The highest BCUT2D eigenvalue weighted by molar-refractivity contribution is 8.01. The topological polar surface area (TPSA) is 204 Å². The molecule has 18 heteroatoms. The largest absolute Gasteiger partial charge is 0.477 e. The third kappa shape index (κ3) is 4.87. The monoisotopic (exact) mass is 540 g/mol. The second kappa shape index (κ2) is 10.0. The highest BCUT2D eigenvalue weighted by atomic mass is 35.5. The number of thioether (sulfide) groups is 2. The van der Waals surface area contributed by atoms with Crippen LogP contribution >= 0.6 is 35.1 Å². The first kappa shape index (κ1) is 24.7. The van der Waals surface area contributed by atoms with Crippen LogP contribution in [0.25, 0.3) is 0 Å². The Bertz CT molecular complexity index is 1250. The molecule has 0 bridgehead atoms. The zero-order valence-electron chi connectivity index (χ0n) is 18.1. The van der Waals surface area contributed by atoms with Crippen molar-refractivity contribution in [3.8, 4) is 0 Å². The Balaban J connectivity index is 1.51. The smallest absolute Gasteiger partial charge is 0.352 e. The highest BCUT2D eigenvalue weighted by Gasteiger charge is 2.54. The minimum atomic E-state index is -1.24. The number of carboxylic acid groups (broad SMARTS) is 1. The molecular weight excluding hydrogens is 524 g/mol. The lowest BCUT2D eigenvalue weighted by atomic mass is 10.0. The SMILES string of the molecule is CO/N=C(\C(=O)NC1C(=O)N2C(C(=O)O)=C(CSc3nnnn3C)CS[C@H]12)c1cc(Cl)nc(N)n1. The lowest BCUT2D eigenvalue weighted by molar-refractivity contribution is -0.150. The van der Waals surface area contributed by atoms with E-state index in [4.69, 9.17) is 22.2 Å². The number of hydrogen-bond acceptors (Lipinski definition) is 13. The third-order valence-electron chi connectivity index (χ3n) is 4.85. The molecule has 2 atom stereocenters. The van der Waals surface area contributed by atoms with Gasteiger partial charge in [-0.05, 0) is 16.0 Å². The first-order valence-corrected chi connectivity index (χ1v) is 12.1. The van der Waals surface area contributed by atoms with Gasteiger partial charge in [-0.3, -0.25) is 14.5 Å². The molecule has 2 amide bonds. The fourth-order valence-electron chi connectivity index (χ4n) is 3.35. The van der Waals surface area contributed by atoms with E-state index in [-0.39, 0.29) is 34.0 Å². The molecule has 184 valence electrons. The molecule has 35 heavy (non-hydrogen) atoms. The third-order valence-corrected chi connectivity index (χ3v) is 7.48. The Kier molecular flexibility index (Phi) is 7.08. The summed E-state index contributed by atoms with van der Waals surface area (Å²) in [5, 5.41) is 27.1. The maximum atomic E-state index is 12.9. The summed E-state index contributed by atoms with van der Waals surface area (Å²) in [5.41, 5.74) is 5.72. The van der Waals surface area contributed by atoms with Gasteiger partial charge in [-0.25, -0.2) is 19.4 Å². The number of amides is 2. The van der Waals surface area contributed by atoms with Crippen molar-refractivity contribution in [3.05, 3.63) is 28.2 Å². The summed E-state index contributed by atoms with van der Waals surface area (Å²) < 4.78 is 1.46.